The van der Waals surface area contributed by atoms with Crippen molar-refractivity contribution in [2.45, 2.75) is 13.1 Å². The average Bonchev–Trinajstić information content (AvgIpc) is 2.22. The molecule has 0 unspecified atom stereocenters. The van der Waals surface area contributed by atoms with Crippen LogP contribution in [0.2, 0.25) is 0 Å². The Hall–Kier alpha value is -0.750. The molecule has 0 fully saturated rings. The van der Waals surface area contributed by atoms with Crippen molar-refractivity contribution < 1.29 is 18.0 Å². The van der Waals surface area contributed by atoms with E-state index in [1.54, 1.807) is 18.2 Å². The summed E-state index contributed by atoms with van der Waals surface area (Å²) >= 11 is 4.15. The maximum Gasteiger partial charge on any atom is 0.416 e. The first-order chi connectivity index (χ1) is 8.29. The number of hydrogen-bond donors (Lipinski definition) is 0. The topological polar surface area (TPSA) is 17.1 Å². The number of carbonyl (C=O) groups excluding carboxylic acids is 1. The summed E-state index contributed by atoms with van der Waals surface area (Å²) in [4.78, 5) is 10.7. The molecule has 1 rings (SSSR count). The zero-order valence-electron chi connectivity index (χ0n) is 9.42. The summed E-state index contributed by atoms with van der Waals surface area (Å²) < 4.78 is 38.0. The third-order valence-electron chi connectivity index (χ3n) is 1.94. The second-order valence-corrected chi connectivity index (χ2v) is 5.59. The van der Waals surface area contributed by atoms with E-state index in [0.717, 1.165) is 23.9 Å². The summed E-state index contributed by atoms with van der Waals surface area (Å²) in [6.45, 7) is 1.44. The molecule has 0 spiro atoms. The molecular weight excluding hydrogens is 329 g/mol. The van der Waals surface area contributed by atoms with Crippen LogP contribution in [0, 0.1) is 0 Å². The van der Waals surface area contributed by atoms with E-state index in [4.69, 9.17) is 0 Å². The Kier molecular flexibility index (Phi) is 5.47. The van der Waals surface area contributed by atoms with Crippen LogP contribution in [0.5, 0.6) is 0 Å². The van der Waals surface area contributed by atoms with Crippen LogP contribution in [-0.2, 0) is 11.0 Å². The van der Waals surface area contributed by atoms with Crippen LogP contribution in [0.1, 0.15) is 18.1 Å². The van der Waals surface area contributed by atoms with Gasteiger partial charge in [-0.15, -0.1) is 0 Å². The lowest BCUT2D eigenvalue weighted by Crippen LogP contribution is -2.04. The van der Waals surface area contributed by atoms with Gasteiger partial charge in [-0.2, -0.15) is 13.2 Å². The molecule has 98 valence electrons. The number of benzene rings is 1. The van der Waals surface area contributed by atoms with Gasteiger partial charge in [0.1, 0.15) is 0 Å². The van der Waals surface area contributed by atoms with E-state index in [1.165, 1.54) is 6.92 Å². The molecule has 0 aromatic heterocycles. The molecule has 0 aliphatic rings. The number of alkyl halides is 3. The van der Waals surface area contributed by atoms with Crippen LogP contribution in [0.3, 0.4) is 0 Å². The fourth-order valence-corrected chi connectivity index (χ4v) is 2.16. The Morgan fingerprint density at radius 2 is 2.06 bits per heavy atom. The monoisotopic (exact) mass is 338 g/mol. The summed E-state index contributed by atoms with van der Waals surface area (Å²) in [6.07, 6.45) is -1.13. The van der Waals surface area contributed by atoms with Crippen molar-refractivity contribution in [3.05, 3.63) is 39.9 Å². The Labute approximate surface area is 116 Å². The minimum absolute atomic E-state index is 0.0233. The van der Waals surface area contributed by atoms with Crippen molar-refractivity contribution in [1.82, 2.24) is 0 Å². The van der Waals surface area contributed by atoms with Gasteiger partial charge in [0.25, 0.3) is 0 Å². The highest BCUT2D eigenvalue weighted by atomic mass is 79.9. The molecule has 0 aliphatic carbocycles. The van der Waals surface area contributed by atoms with Gasteiger partial charge in [-0.3, -0.25) is 4.79 Å². The second-order valence-electron chi connectivity index (χ2n) is 3.48. The van der Waals surface area contributed by atoms with Crippen LogP contribution in [0.15, 0.2) is 28.7 Å². The molecule has 0 amide bonds. The minimum atomic E-state index is -4.36. The second kappa shape index (κ2) is 6.43. The van der Waals surface area contributed by atoms with E-state index < -0.39 is 11.7 Å². The van der Waals surface area contributed by atoms with E-state index in [2.05, 4.69) is 15.9 Å². The standard InChI is InChI=1S/C12H10BrF3OS/c1-8(17)18-4-2-3-9-5-10(12(14,15)16)7-11(13)6-9/h2-3,5-7H,4H2,1H3. The summed E-state index contributed by atoms with van der Waals surface area (Å²) in [5.41, 5.74) is -0.253. The highest BCUT2D eigenvalue weighted by Crippen LogP contribution is 2.32. The highest BCUT2D eigenvalue weighted by molar-refractivity contribution is 9.10. The van der Waals surface area contributed by atoms with Crippen LogP contribution >= 0.6 is 27.7 Å². The first kappa shape index (κ1) is 15.3. The predicted octanol–water partition coefficient (Wildman–Crippen LogP) is 4.76. The summed E-state index contributed by atoms with van der Waals surface area (Å²) in [5.74, 6) is 0.448. The van der Waals surface area contributed by atoms with Gasteiger partial charge in [0.15, 0.2) is 5.12 Å². The molecule has 0 N–H and O–H groups in total. The Morgan fingerprint density at radius 1 is 1.39 bits per heavy atom. The maximum absolute atomic E-state index is 12.5. The third kappa shape index (κ3) is 5.27. The fraction of sp³-hybridized carbons (Fsp3) is 0.250. The smallest absolute Gasteiger partial charge is 0.288 e. The number of rotatable bonds is 3. The van der Waals surface area contributed by atoms with Crippen LogP contribution < -0.4 is 0 Å². The number of halogens is 4. The molecular formula is C12H10BrF3OS. The molecule has 1 aromatic carbocycles. The van der Waals surface area contributed by atoms with Crippen molar-refractivity contribution >= 4 is 38.9 Å². The first-order valence-corrected chi connectivity index (χ1v) is 6.74. The van der Waals surface area contributed by atoms with Crippen molar-refractivity contribution in [2.24, 2.45) is 0 Å². The van der Waals surface area contributed by atoms with Crippen molar-refractivity contribution in [3.63, 3.8) is 0 Å². The minimum Gasteiger partial charge on any atom is -0.288 e. The lowest BCUT2D eigenvalue weighted by atomic mass is 10.1. The van der Waals surface area contributed by atoms with E-state index in [9.17, 15) is 18.0 Å². The molecule has 1 nitrogen and oxygen atoms in total. The SMILES string of the molecule is CC(=O)SCC=Cc1cc(Br)cc(C(F)(F)F)c1. The van der Waals surface area contributed by atoms with Gasteiger partial charge in [-0.1, -0.05) is 39.8 Å². The lowest BCUT2D eigenvalue weighted by molar-refractivity contribution is -0.137. The predicted molar refractivity (Wildman–Crippen MR) is 71.3 cm³/mol. The average molecular weight is 339 g/mol. The molecule has 0 atom stereocenters. The largest absolute Gasteiger partial charge is 0.416 e. The molecule has 0 radical (unpaired) electrons. The highest BCUT2D eigenvalue weighted by Gasteiger charge is 2.30. The number of carbonyl (C=O) groups is 1. The Morgan fingerprint density at radius 3 is 2.61 bits per heavy atom. The normalized spacial score (nSPS) is 12.1. The maximum atomic E-state index is 12.5. The summed E-state index contributed by atoms with van der Waals surface area (Å²) in [6, 6.07) is 3.69. The quantitative estimate of drug-likeness (QED) is 0.790. The van der Waals surface area contributed by atoms with Gasteiger partial charge in [0, 0.05) is 17.1 Å². The fourth-order valence-electron chi connectivity index (χ4n) is 1.22. The van der Waals surface area contributed by atoms with E-state index in [1.807, 2.05) is 0 Å². The molecule has 0 aliphatic heterocycles. The Balaban J connectivity index is 2.84. The third-order valence-corrected chi connectivity index (χ3v) is 3.16. The van der Waals surface area contributed by atoms with Crippen LogP contribution in [-0.4, -0.2) is 10.9 Å². The van der Waals surface area contributed by atoms with Crippen molar-refractivity contribution in [2.75, 3.05) is 5.75 Å². The van der Waals surface area contributed by atoms with Crippen molar-refractivity contribution in [1.29, 1.82) is 0 Å². The Bertz CT molecular complexity index is 469. The van der Waals surface area contributed by atoms with Gasteiger partial charge in [0.05, 0.1) is 5.56 Å². The zero-order valence-corrected chi connectivity index (χ0v) is 11.8. The van der Waals surface area contributed by atoms with Gasteiger partial charge in [-0.25, -0.2) is 0 Å². The summed E-state index contributed by atoms with van der Waals surface area (Å²) in [7, 11) is 0. The van der Waals surface area contributed by atoms with Gasteiger partial charge >= 0.3 is 6.18 Å². The zero-order chi connectivity index (χ0) is 13.8. The molecule has 1 aromatic rings. The van der Waals surface area contributed by atoms with Crippen LogP contribution in [0.25, 0.3) is 6.08 Å². The lowest BCUT2D eigenvalue weighted by Gasteiger charge is -2.08. The van der Waals surface area contributed by atoms with Crippen molar-refractivity contribution in [3.8, 4) is 0 Å². The van der Waals surface area contributed by atoms with Crippen LogP contribution in [0.4, 0.5) is 13.2 Å². The molecule has 0 saturated heterocycles. The number of thioether (sulfide) groups is 1. The molecule has 0 bridgehead atoms. The summed E-state index contributed by atoms with van der Waals surface area (Å²) in [5, 5.41) is -0.0233. The number of hydrogen-bond acceptors (Lipinski definition) is 2. The van der Waals surface area contributed by atoms with E-state index in [-0.39, 0.29) is 5.12 Å². The first-order valence-electron chi connectivity index (χ1n) is 4.97. The molecule has 0 heterocycles. The molecule has 6 heteroatoms. The molecule has 0 saturated carbocycles. The van der Waals surface area contributed by atoms with E-state index >= 15 is 0 Å². The van der Waals surface area contributed by atoms with Gasteiger partial charge in [-0.05, 0) is 23.8 Å². The van der Waals surface area contributed by atoms with Gasteiger partial charge in [0.2, 0.25) is 0 Å². The van der Waals surface area contributed by atoms with E-state index in [0.29, 0.717) is 15.8 Å². The van der Waals surface area contributed by atoms with Gasteiger partial charge < -0.3 is 0 Å². The molecule has 18 heavy (non-hydrogen) atoms.